The number of nitrogens with zero attached hydrogens (tertiary/aromatic N) is 3. The van der Waals surface area contributed by atoms with Gasteiger partial charge in [-0.1, -0.05) is 19.8 Å². The lowest BCUT2D eigenvalue weighted by atomic mass is 10.1. The fourth-order valence-corrected chi connectivity index (χ4v) is 2.74. The van der Waals surface area contributed by atoms with Crippen molar-refractivity contribution < 1.29 is 4.79 Å². The number of unbranched alkanes of at least 4 members (excludes halogenated alkanes) is 1. The van der Waals surface area contributed by atoms with Crippen LogP contribution in [0, 0.1) is 0 Å². The zero-order valence-electron chi connectivity index (χ0n) is 14.3. The van der Waals surface area contributed by atoms with Gasteiger partial charge in [0, 0.05) is 50.5 Å². The number of aromatic nitrogens is 1. The van der Waals surface area contributed by atoms with Crippen molar-refractivity contribution >= 4 is 11.7 Å². The second-order valence-corrected chi connectivity index (χ2v) is 6.24. The molecule has 0 spiro atoms. The lowest BCUT2D eigenvalue weighted by Gasteiger charge is -2.33. The van der Waals surface area contributed by atoms with E-state index in [0.717, 1.165) is 51.3 Å². The lowest BCUT2D eigenvalue weighted by molar-refractivity contribution is 0.0935. The first-order chi connectivity index (χ1) is 11.1. The van der Waals surface area contributed by atoms with Crippen molar-refractivity contribution in [3.05, 3.63) is 23.9 Å². The number of amides is 1. The predicted molar refractivity (Wildman–Crippen MR) is 93.8 cm³/mol. The Morgan fingerprint density at radius 3 is 2.78 bits per heavy atom. The number of carbonyl (C=O) groups is 1. The van der Waals surface area contributed by atoms with Crippen LogP contribution in [0.3, 0.4) is 0 Å². The number of hydrogen-bond acceptors (Lipinski definition) is 5. The Morgan fingerprint density at radius 1 is 1.39 bits per heavy atom. The van der Waals surface area contributed by atoms with Gasteiger partial charge >= 0.3 is 0 Å². The third kappa shape index (κ3) is 5.18. The Bertz CT molecular complexity index is 500. The number of nitrogens with two attached hydrogens (primary N) is 1. The Morgan fingerprint density at radius 2 is 2.13 bits per heavy atom. The van der Waals surface area contributed by atoms with Gasteiger partial charge in [0.25, 0.3) is 5.91 Å². The molecule has 23 heavy (non-hydrogen) atoms. The third-order valence-electron chi connectivity index (χ3n) is 4.36. The van der Waals surface area contributed by atoms with Gasteiger partial charge in [0.15, 0.2) is 0 Å². The van der Waals surface area contributed by atoms with Crippen LogP contribution >= 0.6 is 0 Å². The highest BCUT2D eigenvalue weighted by Gasteiger charge is 2.17. The van der Waals surface area contributed by atoms with Gasteiger partial charge in [0.05, 0.1) is 0 Å². The van der Waals surface area contributed by atoms with E-state index in [1.165, 1.54) is 0 Å². The van der Waals surface area contributed by atoms with E-state index in [4.69, 9.17) is 5.73 Å². The molecule has 0 bridgehead atoms. The highest BCUT2D eigenvalue weighted by atomic mass is 16.1. The normalized spacial score (nSPS) is 17.1. The summed E-state index contributed by atoms with van der Waals surface area (Å²) in [6.07, 6.45) is 4.82. The first-order valence-corrected chi connectivity index (χ1v) is 8.54. The van der Waals surface area contributed by atoms with Gasteiger partial charge in [-0.3, -0.25) is 4.79 Å². The van der Waals surface area contributed by atoms with Gasteiger partial charge in [-0.05, 0) is 25.6 Å². The molecule has 1 fully saturated rings. The molecule has 2 rings (SSSR count). The smallest absolute Gasteiger partial charge is 0.251 e. The molecule has 1 amide bonds. The molecule has 3 N–H and O–H groups in total. The molecule has 6 nitrogen and oxygen atoms in total. The molecule has 2 heterocycles. The fourth-order valence-electron chi connectivity index (χ4n) is 2.74. The Labute approximate surface area is 139 Å². The summed E-state index contributed by atoms with van der Waals surface area (Å²) in [5, 5.41) is 3.04. The molecule has 1 saturated heterocycles. The van der Waals surface area contributed by atoms with Crippen molar-refractivity contribution in [2.45, 2.75) is 32.2 Å². The summed E-state index contributed by atoms with van der Waals surface area (Å²) >= 11 is 0. The summed E-state index contributed by atoms with van der Waals surface area (Å²) in [5.74, 6) is 0.818. The molecule has 1 atom stereocenters. The number of nitrogens with one attached hydrogen (secondary N) is 1. The van der Waals surface area contributed by atoms with E-state index in [-0.39, 0.29) is 11.9 Å². The van der Waals surface area contributed by atoms with Crippen molar-refractivity contribution in [1.82, 2.24) is 15.2 Å². The van der Waals surface area contributed by atoms with Crippen LogP contribution in [0.15, 0.2) is 18.3 Å². The van der Waals surface area contributed by atoms with Crippen LogP contribution in [0.25, 0.3) is 0 Å². The van der Waals surface area contributed by atoms with Gasteiger partial charge in [-0.2, -0.15) is 0 Å². The van der Waals surface area contributed by atoms with Gasteiger partial charge < -0.3 is 20.9 Å². The van der Waals surface area contributed by atoms with Crippen LogP contribution in [-0.4, -0.2) is 61.6 Å². The van der Waals surface area contributed by atoms with Crippen molar-refractivity contribution in [3.63, 3.8) is 0 Å². The van der Waals surface area contributed by atoms with Gasteiger partial charge in [0.2, 0.25) is 0 Å². The van der Waals surface area contributed by atoms with Gasteiger partial charge in [-0.15, -0.1) is 0 Å². The van der Waals surface area contributed by atoms with Crippen LogP contribution in [0.5, 0.6) is 0 Å². The minimum absolute atomic E-state index is 0.0442. The standard InChI is InChI=1S/C17H29N5O/c1-3-4-5-15(13-18)20-17(23)14-6-7-19-16(12-14)22-10-8-21(2)9-11-22/h6-7,12,15H,3-5,8-11,13,18H2,1-2H3,(H,20,23). The van der Waals surface area contributed by atoms with Crippen LogP contribution < -0.4 is 16.0 Å². The third-order valence-corrected chi connectivity index (χ3v) is 4.36. The number of carbonyl (C=O) groups excluding carboxylic acids is 1. The van der Waals surface area contributed by atoms with E-state index in [0.29, 0.717) is 12.1 Å². The highest BCUT2D eigenvalue weighted by Crippen LogP contribution is 2.15. The molecule has 0 saturated carbocycles. The Balaban J connectivity index is 1.99. The molecule has 6 heteroatoms. The maximum Gasteiger partial charge on any atom is 0.251 e. The number of piperazine rings is 1. The molecule has 1 unspecified atom stereocenters. The largest absolute Gasteiger partial charge is 0.354 e. The van der Waals surface area contributed by atoms with Crippen molar-refractivity contribution in [1.29, 1.82) is 0 Å². The number of hydrogen-bond donors (Lipinski definition) is 2. The fraction of sp³-hybridized carbons (Fsp3) is 0.647. The van der Waals surface area contributed by atoms with Gasteiger partial charge in [0.1, 0.15) is 5.82 Å². The lowest BCUT2D eigenvalue weighted by Crippen LogP contribution is -2.45. The zero-order chi connectivity index (χ0) is 16.7. The van der Waals surface area contributed by atoms with E-state index in [2.05, 4.69) is 34.1 Å². The summed E-state index contributed by atoms with van der Waals surface area (Å²) in [6.45, 7) is 6.53. The topological polar surface area (TPSA) is 74.5 Å². The number of pyridine rings is 1. The van der Waals surface area contributed by atoms with Crippen molar-refractivity contribution in [2.75, 3.05) is 44.7 Å². The maximum atomic E-state index is 12.4. The van der Waals surface area contributed by atoms with Crippen LogP contribution in [0.1, 0.15) is 36.5 Å². The van der Waals surface area contributed by atoms with Crippen LogP contribution in [0.4, 0.5) is 5.82 Å². The molecule has 0 aromatic carbocycles. The SMILES string of the molecule is CCCCC(CN)NC(=O)c1ccnc(N2CCN(C)CC2)c1. The molecular formula is C17H29N5O. The summed E-state index contributed by atoms with van der Waals surface area (Å²) in [5.41, 5.74) is 6.42. The molecule has 1 aliphatic rings. The first-order valence-electron chi connectivity index (χ1n) is 8.54. The summed E-state index contributed by atoms with van der Waals surface area (Å²) in [4.78, 5) is 21.4. The minimum atomic E-state index is -0.0608. The average molecular weight is 319 g/mol. The molecule has 128 valence electrons. The highest BCUT2D eigenvalue weighted by molar-refractivity contribution is 5.95. The first kappa shape index (κ1) is 17.7. The molecule has 1 aromatic heterocycles. The zero-order valence-corrected chi connectivity index (χ0v) is 14.3. The molecule has 0 aliphatic carbocycles. The van der Waals surface area contributed by atoms with Crippen LogP contribution in [-0.2, 0) is 0 Å². The van der Waals surface area contributed by atoms with E-state index < -0.39 is 0 Å². The summed E-state index contributed by atoms with van der Waals surface area (Å²) in [6, 6.07) is 3.69. The second-order valence-electron chi connectivity index (χ2n) is 6.24. The molecule has 1 aliphatic heterocycles. The summed E-state index contributed by atoms with van der Waals surface area (Å²) < 4.78 is 0. The van der Waals surface area contributed by atoms with Crippen LogP contribution in [0.2, 0.25) is 0 Å². The number of likely N-dealkylation sites (N-methyl/N-ethyl adjacent to an activating group) is 1. The second kappa shape index (κ2) is 8.84. The van der Waals surface area contributed by atoms with E-state index in [1.807, 2.05) is 6.07 Å². The molecule has 0 radical (unpaired) electrons. The number of rotatable bonds is 7. The van der Waals surface area contributed by atoms with Crippen molar-refractivity contribution in [3.8, 4) is 0 Å². The van der Waals surface area contributed by atoms with Crippen molar-refractivity contribution in [2.24, 2.45) is 5.73 Å². The summed E-state index contributed by atoms with van der Waals surface area (Å²) in [7, 11) is 2.12. The molecular weight excluding hydrogens is 290 g/mol. The van der Waals surface area contributed by atoms with E-state index >= 15 is 0 Å². The Hall–Kier alpha value is -1.66. The van der Waals surface area contributed by atoms with Gasteiger partial charge in [-0.25, -0.2) is 4.98 Å². The quantitative estimate of drug-likeness (QED) is 0.787. The number of anilines is 1. The minimum Gasteiger partial charge on any atom is -0.354 e. The average Bonchev–Trinajstić information content (AvgIpc) is 2.59. The monoisotopic (exact) mass is 319 g/mol. The maximum absolute atomic E-state index is 12.4. The Kier molecular flexibility index (Phi) is 6.80. The van der Waals surface area contributed by atoms with E-state index in [1.54, 1.807) is 12.3 Å². The predicted octanol–water partition coefficient (Wildman–Crippen LogP) is 1.08. The van der Waals surface area contributed by atoms with E-state index in [9.17, 15) is 4.79 Å². The molecule has 1 aromatic rings.